The van der Waals surface area contributed by atoms with Crippen molar-refractivity contribution in [1.82, 2.24) is 10.2 Å². The number of halogens is 1. The summed E-state index contributed by atoms with van der Waals surface area (Å²) in [5, 5.41) is 12.3. The van der Waals surface area contributed by atoms with Gasteiger partial charge in [-0.3, -0.25) is 9.89 Å². The summed E-state index contributed by atoms with van der Waals surface area (Å²) in [6.07, 6.45) is -0.0784. The van der Waals surface area contributed by atoms with Gasteiger partial charge in [0, 0.05) is 13.0 Å². The van der Waals surface area contributed by atoms with E-state index in [0.29, 0.717) is 19.5 Å². The number of guanidine groups is 1. The Morgan fingerprint density at radius 3 is 3.10 bits per heavy atom. The third-order valence-corrected chi connectivity index (χ3v) is 3.75. The first kappa shape index (κ1) is 15.7. The molecule has 0 saturated carbocycles. The Balaban J connectivity index is 2.23. The molecule has 2 rings (SSSR count). The number of aliphatic imine (C=N–C) groups is 2. The molecule has 4 N–H and O–H groups in total. The molecule has 2 aliphatic rings. The Hall–Kier alpha value is -1.67. The van der Waals surface area contributed by atoms with Crippen LogP contribution < -0.4 is 11.1 Å². The molecule has 0 aromatic heterocycles. The van der Waals surface area contributed by atoms with E-state index in [4.69, 9.17) is 10.5 Å². The van der Waals surface area contributed by atoms with Crippen LogP contribution in [-0.2, 0) is 4.74 Å². The number of hydrogen-bond donors (Lipinski definition) is 3. The number of rotatable bonds is 3. The molecule has 7 nitrogen and oxygen atoms in total. The van der Waals surface area contributed by atoms with E-state index in [9.17, 15) is 9.50 Å². The molecule has 118 valence electrons. The average Bonchev–Trinajstić information content (AvgIpc) is 2.82. The first-order chi connectivity index (χ1) is 10.0. The molecule has 21 heavy (non-hydrogen) atoms. The fraction of sp³-hybridized carbons (Fsp3) is 0.692. The lowest BCUT2D eigenvalue weighted by Crippen LogP contribution is -2.41. The first-order valence-electron chi connectivity index (χ1n) is 6.99. The largest absolute Gasteiger partial charge is 0.393 e. The number of aliphatic hydroxyl groups is 1. The highest BCUT2D eigenvalue weighted by molar-refractivity contribution is 5.79. The van der Waals surface area contributed by atoms with Gasteiger partial charge in [0.15, 0.2) is 12.2 Å². The summed E-state index contributed by atoms with van der Waals surface area (Å²) in [7, 11) is 0. The highest BCUT2D eigenvalue weighted by atomic mass is 19.1. The Labute approximate surface area is 123 Å². The maximum absolute atomic E-state index is 14.4. The minimum Gasteiger partial charge on any atom is -0.393 e. The predicted octanol–water partition coefficient (Wildman–Crippen LogP) is -0.0686. The minimum absolute atomic E-state index is 0.125. The van der Waals surface area contributed by atoms with Crippen molar-refractivity contribution in [3.63, 3.8) is 0 Å². The van der Waals surface area contributed by atoms with E-state index in [0.717, 1.165) is 0 Å². The van der Waals surface area contributed by atoms with Crippen molar-refractivity contribution in [3.8, 4) is 0 Å². The summed E-state index contributed by atoms with van der Waals surface area (Å²) in [6.45, 7) is 6.42. The van der Waals surface area contributed by atoms with Crippen LogP contribution in [0.4, 0.5) is 4.39 Å². The van der Waals surface area contributed by atoms with Crippen LogP contribution in [0.5, 0.6) is 0 Å². The molecular formula is C13H22FN5O2. The van der Waals surface area contributed by atoms with Crippen molar-refractivity contribution < 1.29 is 14.2 Å². The van der Waals surface area contributed by atoms with E-state index in [2.05, 4.69) is 21.9 Å². The first-order valence-corrected chi connectivity index (χ1v) is 6.99. The zero-order chi connectivity index (χ0) is 15.5. The SMILES string of the molecule is C=C1/N=C(/N)NCC/N=C\N1[C@@H]1O[C@](CC)(CO)C[C@H]1F. The van der Waals surface area contributed by atoms with E-state index < -0.39 is 18.0 Å². The van der Waals surface area contributed by atoms with Crippen LogP contribution in [-0.4, -0.2) is 60.0 Å². The van der Waals surface area contributed by atoms with Crippen molar-refractivity contribution in [2.45, 2.75) is 37.8 Å². The van der Waals surface area contributed by atoms with Gasteiger partial charge >= 0.3 is 0 Å². The lowest BCUT2D eigenvalue weighted by atomic mass is 9.97. The number of nitrogens with zero attached hydrogens (tertiary/aromatic N) is 3. The maximum Gasteiger partial charge on any atom is 0.195 e. The summed E-state index contributed by atoms with van der Waals surface area (Å²) in [6, 6.07) is 0. The Morgan fingerprint density at radius 1 is 1.71 bits per heavy atom. The van der Waals surface area contributed by atoms with E-state index in [1.54, 1.807) is 0 Å². The predicted molar refractivity (Wildman–Crippen MR) is 78.5 cm³/mol. The lowest BCUT2D eigenvalue weighted by Gasteiger charge is -2.30. The summed E-state index contributed by atoms with van der Waals surface area (Å²) < 4.78 is 20.1. The molecule has 8 heteroatoms. The number of hydrogen-bond acceptors (Lipinski definition) is 7. The van der Waals surface area contributed by atoms with Crippen LogP contribution in [0.1, 0.15) is 19.8 Å². The zero-order valence-corrected chi connectivity index (χ0v) is 12.1. The molecule has 0 aromatic carbocycles. The normalized spacial score (nSPS) is 38.0. The van der Waals surface area contributed by atoms with Crippen molar-refractivity contribution in [3.05, 3.63) is 12.4 Å². The van der Waals surface area contributed by atoms with E-state index in [1.807, 2.05) is 6.92 Å². The number of ether oxygens (including phenoxy) is 1. The maximum atomic E-state index is 14.4. The number of alkyl halides is 1. The molecule has 2 aliphatic heterocycles. The third-order valence-electron chi connectivity index (χ3n) is 3.75. The topological polar surface area (TPSA) is 95.5 Å². The minimum atomic E-state index is -1.27. The Kier molecular flexibility index (Phi) is 4.79. The standard InChI is InChI=1S/C13H22FN5O2/c1-3-13(7-20)6-10(14)11(21-13)19-8-16-4-5-17-12(15)18-9(19)2/h8,10-11,20H,2-7H2,1H3,(H3,15,17,18)/b16-8-/t10-,11-,13+/m1/s1. The highest BCUT2D eigenvalue weighted by Gasteiger charge is 2.48. The molecule has 0 bridgehead atoms. The van der Waals surface area contributed by atoms with Crippen molar-refractivity contribution in [2.75, 3.05) is 19.7 Å². The summed E-state index contributed by atoms with van der Waals surface area (Å²) >= 11 is 0. The molecule has 0 aromatic rings. The van der Waals surface area contributed by atoms with Gasteiger partial charge in [-0.25, -0.2) is 4.39 Å². The fourth-order valence-corrected chi connectivity index (χ4v) is 2.42. The molecule has 2 heterocycles. The van der Waals surface area contributed by atoms with Crippen LogP contribution >= 0.6 is 0 Å². The molecule has 0 radical (unpaired) electrons. The molecule has 1 fully saturated rings. The van der Waals surface area contributed by atoms with E-state index >= 15 is 0 Å². The van der Waals surface area contributed by atoms with Gasteiger partial charge in [0.05, 0.1) is 25.1 Å². The van der Waals surface area contributed by atoms with Crippen LogP contribution in [0.15, 0.2) is 22.4 Å². The van der Waals surface area contributed by atoms with Gasteiger partial charge < -0.3 is 20.9 Å². The van der Waals surface area contributed by atoms with Gasteiger partial charge in [0.25, 0.3) is 0 Å². The van der Waals surface area contributed by atoms with Gasteiger partial charge in [0.1, 0.15) is 12.0 Å². The van der Waals surface area contributed by atoms with Gasteiger partial charge in [0.2, 0.25) is 0 Å². The second-order valence-electron chi connectivity index (χ2n) is 5.19. The quantitative estimate of drug-likeness (QED) is 0.678. The summed E-state index contributed by atoms with van der Waals surface area (Å²) in [5.41, 5.74) is 4.82. The van der Waals surface area contributed by atoms with Crippen molar-refractivity contribution >= 4 is 12.3 Å². The summed E-state index contributed by atoms with van der Waals surface area (Å²) in [5.74, 6) is 0.441. The van der Waals surface area contributed by atoms with Gasteiger partial charge in [-0.15, -0.1) is 0 Å². The Morgan fingerprint density at radius 2 is 2.48 bits per heavy atom. The highest BCUT2D eigenvalue weighted by Crippen LogP contribution is 2.37. The molecule has 0 amide bonds. The molecule has 0 unspecified atom stereocenters. The fourth-order valence-electron chi connectivity index (χ4n) is 2.42. The van der Waals surface area contributed by atoms with Crippen LogP contribution in [0.2, 0.25) is 0 Å². The van der Waals surface area contributed by atoms with E-state index in [1.165, 1.54) is 11.2 Å². The number of nitrogens with two attached hydrogens (primary N) is 1. The van der Waals surface area contributed by atoms with Gasteiger partial charge in [-0.05, 0) is 6.42 Å². The van der Waals surface area contributed by atoms with E-state index in [-0.39, 0.29) is 24.8 Å². The smallest absolute Gasteiger partial charge is 0.195 e. The molecule has 3 atom stereocenters. The third kappa shape index (κ3) is 3.33. The second-order valence-corrected chi connectivity index (χ2v) is 5.19. The van der Waals surface area contributed by atoms with Crippen LogP contribution in [0.3, 0.4) is 0 Å². The monoisotopic (exact) mass is 299 g/mol. The van der Waals surface area contributed by atoms with Crippen LogP contribution in [0.25, 0.3) is 0 Å². The van der Waals surface area contributed by atoms with Crippen molar-refractivity contribution in [2.24, 2.45) is 15.7 Å². The second kappa shape index (κ2) is 6.40. The molecule has 0 spiro atoms. The van der Waals surface area contributed by atoms with Gasteiger partial charge in [-0.1, -0.05) is 13.5 Å². The summed E-state index contributed by atoms with van der Waals surface area (Å²) in [4.78, 5) is 9.67. The zero-order valence-electron chi connectivity index (χ0n) is 12.1. The lowest BCUT2D eigenvalue weighted by molar-refractivity contribution is -0.109. The number of aliphatic hydroxyl groups excluding tert-OH is 1. The molecule has 1 saturated heterocycles. The van der Waals surface area contributed by atoms with Crippen molar-refractivity contribution in [1.29, 1.82) is 0 Å². The molecular weight excluding hydrogens is 277 g/mol. The number of nitrogens with one attached hydrogen (secondary N) is 1. The van der Waals surface area contributed by atoms with Gasteiger partial charge in [-0.2, -0.15) is 4.99 Å². The Bertz CT molecular complexity index is 450. The average molecular weight is 299 g/mol. The van der Waals surface area contributed by atoms with Crippen LogP contribution in [0, 0.1) is 0 Å². The molecule has 0 aliphatic carbocycles.